The van der Waals surface area contributed by atoms with Crippen molar-refractivity contribution in [2.45, 2.75) is 26.8 Å². The Morgan fingerprint density at radius 2 is 2.14 bits per heavy atom. The maximum absolute atomic E-state index is 5.67. The largest absolute Gasteiger partial charge is 0.330 e. The summed E-state index contributed by atoms with van der Waals surface area (Å²) < 4.78 is 0. The third kappa shape index (κ3) is 3.23. The van der Waals surface area contributed by atoms with Gasteiger partial charge in [0.25, 0.3) is 0 Å². The van der Waals surface area contributed by atoms with Gasteiger partial charge < -0.3 is 11.1 Å². The number of nitrogens with one attached hydrogen (secondary N) is 1. The summed E-state index contributed by atoms with van der Waals surface area (Å²) >= 11 is 0. The molecule has 0 radical (unpaired) electrons. The molecule has 0 amide bonds. The van der Waals surface area contributed by atoms with Crippen molar-refractivity contribution in [3.63, 3.8) is 0 Å². The van der Waals surface area contributed by atoms with E-state index < -0.39 is 0 Å². The minimum Gasteiger partial charge on any atom is -0.330 e. The average Bonchev–Trinajstić information content (AvgIpc) is 2.18. The van der Waals surface area contributed by atoms with Crippen molar-refractivity contribution in [2.24, 2.45) is 17.6 Å². The summed E-state index contributed by atoms with van der Waals surface area (Å²) in [5, 5.41) is 3.46. The molecule has 0 aromatic carbocycles. The van der Waals surface area contributed by atoms with E-state index in [0.29, 0.717) is 12.0 Å². The molecule has 84 valence electrons. The van der Waals surface area contributed by atoms with Crippen molar-refractivity contribution < 1.29 is 0 Å². The lowest BCUT2D eigenvalue weighted by molar-refractivity contribution is 0.109. The highest BCUT2D eigenvalue weighted by atomic mass is 15.2. The van der Waals surface area contributed by atoms with Gasteiger partial charge in [-0.15, -0.1) is 0 Å². The number of nitrogens with zero attached hydrogens (tertiary/aromatic N) is 1. The molecule has 3 nitrogen and oxygen atoms in total. The van der Waals surface area contributed by atoms with Crippen molar-refractivity contribution in [3.05, 3.63) is 0 Å². The van der Waals surface area contributed by atoms with Crippen LogP contribution in [0, 0.1) is 11.8 Å². The summed E-state index contributed by atoms with van der Waals surface area (Å²) in [5.41, 5.74) is 5.67. The zero-order chi connectivity index (χ0) is 10.6. The van der Waals surface area contributed by atoms with Gasteiger partial charge in [0.15, 0.2) is 0 Å². The summed E-state index contributed by atoms with van der Waals surface area (Å²) in [4.78, 5) is 2.60. The molecule has 1 saturated heterocycles. The molecule has 1 rings (SSSR count). The van der Waals surface area contributed by atoms with Crippen molar-refractivity contribution >= 4 is 0 Å². The van der Waals surface area contributed by atoms with Crippen molar-refractivity contribution in [1.29, 1.82) is 0 Å². The maximum Gasteiger partial charge on any atom is 0.0244 e. The topological polar surface area (TPSA) is 41.3 Å². The molecular weight excluding hydrogens is 174 g/mol. The van der Waals surface area contributed by atoms with E-state index in [1.807, 2.05) is 0 Å². The molecule has 1 fully saturated rings. The molecule has 2 atom stereocenters. The zero-order valence-electron chi connectivity index (χ0n) is 9.79. The Labute approximate surface area is 88.0 Å². The van der Waals surface area contributed by atoms with Crippen LogP contribution in [0.15, 0.2) is 0 Å². The van der Waals surface area contributed by atoms with Gasteiger partial charge in [-0.2, -0.15) is 0 Å². The average molecular weight is 199 g/mol. The van der Waals surface area contributed by atoms with E-state index in [2.05, 4.69) is 31.0 Å². The lowest BCUT2D eigenvalue weighted by atomic mass is 9.99. The van der Waals surface area contributed by atoms with Crippen molar-refractivity contribution in [1.82, 2.24) is 10.2 Å². The quantitative estimate of drug-likeness (QED) is 0.693. The molecule has 0 aromatic rings. The number of hydrogen-bond acceptors (Lipinski definition) is 3. The fourth-order valence-corrected chi connectivity index (χ4v) is 2.13. The van der Waals surface area contributed by atoms with Gasteiger partial charge >= 0.3 is 0 Å². The van der Waals surface area contributed by atoms with Crippen LogP contribution in [0.1, 0.15) is 20.8 Å². The Hall–Kier alpha value is -0.120. The highest BCUT2D eigenvalue weighted by Crippen LogP contribution is 2.14. The molecule has 0 bridgehead atoms. The lowest BCUT2D eigenvalue weighted by Crippen LogP contribution is -2.54. The van der Waals surface area contributed by atoms with E-state index in [1.165, 1.54) is 6.54 Å². The molecule has 1 heterocycles. The summed E-state index contributed by atoms with van der Waals surface area (Å²) in [6.07, 6.45) is 0. The van der Waals surface area contributed by atoms with E-state index >= 15 is 0 Å². The van der Waals surface area contributed by atoms with Gasteiger partial charge in [-0.1, -0.05) is 20.8 Å². The monoisotopic (exact) mass is 199 g/mol. The van der Waals surface area contributed by atoms with Crippen molar-refractivity contribution in [2.75, 3.05) is 32.7 Å². The number of piperazine rings is 1. The first-order valence-corrected chi connectivity index (χ1v) is 5.80. The van der Waals surface area contributed by atoms with Gasteiger partial charge in [-0.05, 0) is 18.4 Å². The molecular formula is C11H25N3. The molecule has 0 aromatic heterocycles. The van der Waals surface area contributed by atoms with E-state index in [-0.39, 0.29) is 0 Å². The predicted molar refractivity (Wildman–Crippen MR) is 61.3 cm³/mol. The summed E-state index contributed by atoms with van der Waals surface area (Å²) in [6.45, 7) is 12.2. The molecule has 3 N–H and O–H groups in total. The normalized spacial score (nSPS) is 26.8. The lowest BCUT2D eigenvalue weighted by Gasteiger charge is -2.39. The molecule has 0 aliphatic carbocycles. The number of hydrogen-bond donors (Lipinski definition) is 2. The standard InChI is InChI=1S/C11H25N3/c1-9(2)11-7-13-4-5-14(11)8-10(3)6-12/h9-11,13H,4-8,12H2,1-3H3. The van der Waals surface area contributed by atoms with Crippen molar-refractivity contribution in [3.8, 4) is 0 Å². The molecule has 3 heteroatoms. The van der Waals surface area contributed by atoms with Crippen LogP contribution < -0.4 is 11.1 Å². The first-order chi connectivity index (χ1) is 6.65. The maximum atomic E-state index is 5.67. The van der Waals surface area contributed by atoms with Crippen LogP contribution >= 0.6 is 0 Å². The SMILES string of the molecule is CC(CN)CN1CCNCC1C(C)C. The fourth-order valence-electron chi connectivity index (χ4n) is 2.13. The van der Waals surface area contributed by atoms with Gasteiger partial charge in [0.05, 0.1) is 0 Å². The molecule has 1 aliphatic rings. The van der Waals surface area contributed by atoms with Crippen LogP contribution in [0.2, 0.25) is 0 Å². The Morgan fingerprint density at radius 3 is 2.71 bits per heavy atom. The van der Waals surface area contributed by atoms with Gasteiger partial charge in [0.2, 0.25) is 0 Å². The Morgan fingerprint density at radius 1 is 1.43 bits per heavy atom. The minimum absolute atomic E-state index is 0.620. The van der Waals surface area contributed by atoms with Crippen LogP contribution in [-0.4, -0.2) is 43.7 Å². The molecule has 2 unspecified atom stereocenters. The fraction of sp³-hybridized carbons (Fsp3) is 1.00. The number of nitrogens with two attached hydrogens (primary N) is 1. The third-order valence-electron chi connectivity index (χ3n) is 3.12. The van der Waals surface area contributed by atoms with Crippen LogP contribution in [0.4, 0.5) is 0 Å². The second-order valence-electron chi connectivity index (χ2n) is 4.85. The third-order valence-corrected chi connectivity index (χ3v) is 3.12. The Kier molecular flexibility index (Phi) is 4.85. The van der Waals surface area contributed by atoms with Gasteiger partial charge in [-0.3, -0.25) is 4.90 Å². The molecule has 0 saturated carbocycles. The Balaban J connectivity index is 2.45. The highest BCUT2D eigenvalue weighted by Gasteiger charge is 2.25. The van der Waals surface area contributed by atoms with Crippen LogP contribution in [-0.2, 0) is 0 Å². The molecule has 0 spiro atoms. The Bertz CT molecular complexity index is 159. The second kappa shape index (κ2) is 5.69. The van der Waals surface area contributed by atoms with Crippen LogP contribution in [0.5, 0.6) is 0 Å². The van der Waals surface area contributed by atoms with E-state index in [4.69, 9.17) is 5.73 Å². The number of rotatable bonds is 4. The summed E-state index contributed by atoms with van der Waals surface area (Å²) in [7, 11) is 0. The molecule has 14 heavy (non-hydrogen) atoms. The smallest absolute Gasteiger partial charge is 0.0244 e. The second-order valence-corrected chi connectivity index (χ2v) is 4.85. The first kappa shape index (κ1) is 12.0. The van der Waals surface area contributed by atoms with Gasteiger partial charge in [-0.25, -0.2) is 0 Å². The molecule has 1 aliphatic heterocycles. The van der Waals surface area contributed by atoms with Crippen LogP contribution in [0.3, 0.4) is 0 Å². The summed E-state index contributed by atoms with van der Waals surface area (Å²) in [6, 6.07) is 0.692. The van der Waals surface area contributed by atoms with E-state index in [9.17, 15) is 0 Å². The zero-order valence-corrected chi connectivity index (χ0v) is 9.79. The minimum atomic E-state index is 0.620. The first-order valence-electron chi connectivity index (χ1n) is 5.80. The van der Waals surface area contributed by atoms with Gasteiger partial charge in [0, 0.05) is 32.2 Å². The highest BCUT2D eigenvalue weighted by molar-refractivity contribution is 4.82. The predicted octanol–water partition coefficient (Wildman–Crippen LogP) is 0.511. The van der Waals surface area contributed by atoms with E-state index in [1.54, 1.807) is 0 Å². The van der Waals surface area contributed by atoms with Gasteiger partial charge in [0.1, 0.15) is 0 Å². The van der Waals surface area contributed by atoms with E-state index in [0.717, 1.165) is 32.1 Å². The van der Waals surface area contributed by atoms with Crippen LogP contribution in [0.25, 0.3) is 0 Å². The summed E-state index contributed by atoms with van der Waals surface area (Å²) in [5.74, 6) is 1.35.